The van der Waals surface area contributed by atoms with Crippen molar-refractivity contribution < 1.29 is 13.6 Å². The van der Waals surface area contributed by atoms with Crippen molar-refractivity contribution >= 4 is 22.4 Å². The largest absolute Gasteiger partial charge is 0.300 e. The van der Waals surface area contributed by atoms with E-state index in [1.807, 2.05) is 55.6 Å². The fourth-order valence-corrected chi connectivity index (χ4v) is 6.41. The monoisotopic (exact) mass is 548 g/mol. The van der Waals surface area contributed by atoms with Crippen molar-refractivity contribution in [1.82, 2.24) is 24.9 Å². The minimum Gasteiger partial charge on any atom is -0.300 e. The number of alkyl halides is 2. The average Bonchev–Trinajstić information content (AvgIpc) is 3.55. The minimum absolute atomic E-state index is 0.0652. The van der Waals surface area contributed by atoms with Crippen LogP contribution in [0.3, 0.4) is 0 Å². The summed E-state index contributed by atoms with van der Waals surface area (Å²) < 4.78 is 28.9. The summed E-state index contributed by atoms with van der Waals surface area (Å²) in [5.41, 5.74) is 5.50. The third kappa shape index (κ3) is 5.91. The number of likely N-dealkylation sites (tertiary alicyclic amines) is 1. The van der Waals surface area contributed by atoms with E-state index in [0.29, 0.717) is 30.3 Å². The molecule has 1 saturated heterocycles. The molecule has 39 heavy (non-hydrogen) atoms. The number of halogens is 2. The highest BCUT2D eigenvalue weighted by atomic mass is 32.1. The molecule has 202 valence electrons. The minimum atomic E-state index is -2.53. The van der Waals surface area contributed by atoms with E-state index in [1.54, 1.807) is 10.7 Å². The van der Waals surface area contributed by atoms with Gasteiger partial charge in [-0.05, 0) is 43.9 Å². The summed E-state index contributed by atoms with van der Waals surface area (Å²) in [5, 5.41) is 12.1. The number of carbonyl (C=O) groups is 1. The van der Waals surface area contributed by atoms with Crippen molar-refractivity contribution in [3.8, 4) is 11.3 Å². The molecule has 1 unspecified atom stereocenters. The maximum absolute atomic E-state index is 13.6. The van der Waals surface area contributed by atoms with Crippen LogP contribution >= 0.6 is 11.3 Å². The van der Waals surface area contributed by atoms with Crippen molar-refractivity contribution in [3.63, 3.8) is 0 Å². The molecule has 2 aromatic carbocycles. The van der Waals surface area contributed by atoms with Gasteiger partial charge in [0, 0.05) is 48.0 Å². The molecule has 1 fully saturated rings. The summed E-state index contributed by atoms with van der Waals surface area (Å²) in [6.45, 7) is 3.42. The van der Waals surface area contributed by atoms with E-state index >= 15 is 0 Å². The van der Waals surface area contributed by atoms with Crippen LogP contribution in [0.4, 0.5) is 13.9 Å². The lowest BCUT2D eigenvalue weighted by Gasteiger charge is -2.38. The van der Waals surface area contributed by atoms with E-state index in [0.717, 1.165) is 46.7 Å². The van der Waals surface area contributed by atoms with Gasteiger partial charge in [0.15, 0.2) is 5.13 Å². The van der Waals surface area contributed by atoms with E-state index < -0.39 is 5.92 Å². The molecule has 0 bridgehead atoms. The Morgan fingerprint density at radius 3 is 2.74 bits per heavy atom. The number of carbonyl (C=O) groups excluding carboxylic acids is 1. The number of nitrogens with zero attached hydrogens (tertiary/aromatic N) is 5. The number of piperidine rings is 1. The first-order chi connectivity index (χ1) is 18.8. The van der Waals surface area contributed by atoms with Gasteiger partial charge in [0.2, 0.25) is 0 Å². The van der Waals surface area contributed by atoms with Gasteiger partial charge in [0.1, 0.15) is 5.69 Å². The van der Waals surface area contributed by atoms with Crippen molar-refractivity contribution in [2.45, 2.75) is 57.5 Å². The Hall–Kier alpha value is -3.50. The molecule has 4 aromatic rings. The van der Waals surface area contributed by atoms with Crippen LogP contribution in [0.2, 0.25) is 0 Å². The molecule has 1 N–H and O–H groups in total. The summed E-state index contributed by atoms with van der Waals surface area (Å²) in [6, 6.07) is 15.9. The molecule has 1 atom stereocenters. The Bertz CT molecular complexity index is 1470. The molecule has 6 rings (SSSR count). The number of rotatable bonds is 6. The van der Waals surface area contributed by atoms with Crippen molar-refractivity contribution in [2.75, 3.05) is 18.4 Å². The molecule has 0 radical (unpaired) electrons. The summed E-state index contributed by atoms with van der Waals surface area (Å²) in [4.78, 5) is 21.1. The second-order valence-electron chi connectivity index (χ2n) is 10.5. The second-order valence-corrected chi connectivity index (χ2v) is 11.6. The second kappa shape index (κ2) is 10.6. The van der Waals surface area contributed by atoms with Crippen LogP contribution in [0.1, 0.15) is 51.3 Å². The van der Waals surface area contributed by atoms with Gasteiger partial charge < -0.3 is 0 Å². The Morgan fingerprint density at radius 2 is 1.95 bits per heavy atom. The van der Waals surface area contributed by atoms with Crippen molar-refractivity contribution in [3.05, 3.63) is 82.0 Å². The Morgan fingerprint density at radius 1 is 1.15 bits per heavy atom. The average molecular weight is 549 g/mol. The smallest absolute Gasteiger partial charge is 0.257 e. The number of aromatic nitrogens is 4. The lowest BCUT2D eigenvalue weighted by Crippen LogP contribution is -2.46. The number of hydrogen-bond acceptors (Lipinski definition) is 6. The van der Waals surface area contributed by atoms with E-state index in [1.165, 1.54) is 16.9 Å². The number of amides is 1. The first kappa shape index (κ1) is 25.8. The highest BCUT2D eigenvalue weighted by Crippen LogP contribution is 2.35. The molecule has 1 aliphatic heterocycles. The summed E-state index contributed by atoms with van der Waals surface area (Å²) in [6.07, 6.45) is 4.28. The summed E-state index contributed by atoms with van der Waals surface area (Å²) >= 11 is 1.49. The molecule has 1 amide bonds. The molecular weight excluding hydrogens is 518 g/mol. The molecular formula is C29H30F2N6OS. The Balaban J connectivity index is 1.08. The first-order valence-corrected chi connectivity index (χ1v) is 14.1. The quantitative estimate of drug-likeness (QED) is 0.340. The Kier molecular flexibility index (Phi) is 6.99. The van der Waals surface area contributed by atoms with Gasteiger partial charge in [-0.2, -0.15) is 0 Å². The zero-order chi connectivity index (χ0) is 27.0. The standard InChI is InChI=1S/C29H30F2N6OS/c1-19-5-7-21(8-6-19)25-18-37(35-34-25)17-20-3-2-4-22(15-20)27(38)33-28-32-24-10-9-23(16-26(24)39-28)36-13-11-29(30,31)12-14-36/h2-8,15,18,23H,9-14,16-17H2,1H3,(H,32,33,38). The van der Waals surface area contributed by atoms with Gasteiger partial charge in [-0.1, -0.05) is 47.2 Å². The highest BCUT2D eigenvalue weighted by Gasteiger charge is 2.37. The topological polar surface area (TPSA) is 75.9 Å². The number of hydrogen-bond donors (Lipinski definition) is 1. The number of fused-ring (bicyclic) bond motifs is 1. The van der Waals surface area contributed by atoms with Crippen LogP contribution in [0.25, 0.3) is 11.3 Å². The molecule has 2 aliphatic rings. The van der Waals surface area contributed by atoms with Crippen LogP contribution < -0.4 is 5.32 Å². The van der Waals surface area contributed by atoms with Gasteiger partial charge in [0.05, 0.1) is 18.4 Å². The molecule has 7 nitrogen and oxygen atoms in total. The zero-order valence-corrected chi connectivity index (χ0v) is 22.6. The van der Waals surface area contributed by atoms with Gasteiger partial charge >= 0.3 is 0 Å². The van der Waals surface area contributed by atoms with Gasteiger partial charge in [-0.25, -0.2) is 18.4 Å². The lowest BCUT2D eigenvalue weighted by atomic mass is 9.94. The number of benzene rings is 2. The third-order valence-electron chi connectivity index (χ3n) is 7.60. The molecule has 3 heterocycles. The van der Waals surface area contributed by atoms with Crippen LogP contribution in [0.5, 0.6) is 0 Å². The molecule has 0 spiro atoms. The van der Waals surface area contributed by atoms with Gasteiger partial charge in [-0.3, -0.25) is 15.0 Å². The summed E-state index contributed by atoms with van der Waals surface area (Å²) in [7, 11) is 0. The van der Waals surface area contributed by atoms with Crippen LogP contribution in [0, 0.1) is 6.92 Å². The van der Waals surface area contributed by atoms with Gasteiger partial charge in [0.25, 0.3) is 11.8 Å². The predicted molar refractivity (Wildman–Crippen MR) is 147 cm³/mol. The first-order valence-electron chi connectivity index (χ1n) is 13.3. The fourth-order valence-electron chi connectivity index (χ4n) is 5.34. The third-order valence-corrected chi connectivity index (χ3v) is 8.64. The van der Waals surface area contributed by atoms with Crippen molar-refractivity contribution in [2.24, 2.45) is 0 Å². The maximum atomic E-state index is 13.6. The van der Waals surface area contributed by atoms with Gasteiger partial charge in [-0.15, -0.1) is 16.4 Å². The molecule has 0 saturated carbocycles. The normalized spacial score (nSPS) is 19.0. The Labute approximate surface area is 229 Å². The van der Waals surface area contributed by atoms with E-state index in [-0.39, 0.29) is 24.8 Å². The molecule has 1 aliphatic carbocycles. The predicted octanol–water partition coefficient (Wildman–Crippen LogP) is 5.60. The van der Waals surface area contributed by atoms with Crippen molar-refractivity contribution in [1.29, 1.82) is 0 Å². The lowest BCUT2D eigenvalue weighted by molar-refractivity contribution is -0.0638. The maximum Gasteiger partial charge on any atom is 0.257 e. The SMILES string of the molecule is Cc1ccc(-c2cn(Cc3cccc(C(=O)Nc4nc5c(s4)CC(N4CCC(F)(F)CC4)CC5)c3)nn2)cc1. The molecule has 10 heteroatoms. The van der Waals surface area contributed by atoms with Crippen LogP contribution in [0.15, 0.2) is 54.7 Å². The zero-order valence-electron chi connectivity index (χ0n) is 21.7. The van der Waals surface area contributed by atoms with E-state index in [4.69, 9.17) is 0 Å². The number of aryl methyl sites for hydroxylation is 2. The number of nitrogens with one attached hydrogen (secondary N) is 1. The molecule has 2 aromatic heterocycles. The van der Waals surface area contributed by atoms with Crippen LogP contribution in [-0.4, -0.2) is 55.8 Å². The fraction of sp³-hybridized carbons (Fsp3) is 0.379. The number of anilines is 1. The van der Waals surface area contributed by atoms with Crippen LogP contribution in [-0.2, 0) is 19.4 Å². The van der Waals surface area contributed by atoms with E-state index in [9.17, 15) is 13.6 Å². The summed E-state index contributed by atoms with van der Waals surface area (Å²) in [5.74, 6) is -2.74. The number of thiazole rings is 1. The highest BCUT2D eigenvalue weighted by molar-refractivity contribution is 7.15. The van der Waals surface area contributed by atoms with E-state index in [2.05, 4.69) is 25.5 Å².